The van der Waals surface area contributed by atoms with Crippen molar-refractivity contribution in [3.05, 3.63) is 107 Å². The minimum absolute atomic E-state index is 0.126. The predicted molar refractivity (Wildman–Crippen MR) is 136 cm³/mol. The largest absolute Gasteiger partial charge is 0.467 e. The van der Waals surface area contributed by atoms with Crippen LogP contribution in [-0.2, 0) is 11.3 Å². The molecule has 3 aromatic rings. The van der Waals surface area contributed by atoms with E-state index in [0.717, 1.165) is 16.8 Å². The highest BCUT2D eigenvalue weighted by Gasteiger charge is 2.33. The van der Waals surface area contributed by atoms with E-state index in [1.165, 1.54) is 11.8 Å². The molecule has 166 valence electrons. The first-order valence-electron chi connectivity index (χ1n) is 10.4. The molecule has 0 N–H and O–H groups in total. The number of carbonyl (C=O) groups is 1. The Balaban J connectivity index is 1.53. The van der Waals surface area contributed by atoms with Gasteiger partial charge in [0.15, 0.2) is 5.17 Å². The van der Waals surface area contributed by atoms with Crippen LogP contribution >= 0.6 is 11.8 Å². The van der Waals surface area contributed by atoms with Crippen LogP contribution in [0.25, 0.3) is 6.08 Å². The standard InChI is InChI=1S/C26H24N4O2S/c1-29(2)22-15-13-21(14-16-22)18-27-28-26-30(19-23-11-7-17-32-23)25(31)24(33-26)12-6-10-20-8-4-3-5-9-20/h3-18H,19H2,1-2H3/b10-6+,24-12-,27-18-,28-26+. The lowest BCUT2D eigenvalue weighted by Crippen LogP contribution is -2.28. The minimum Gasteiger partial charge on any atom is -0.467 e. The molecular formula is C26H24N4O2S. The van der Waals surface area contributed by atoms with E-state index in [0.29, 0.717) is 22.4 Å². The molecule has 1 aromatic heterocycles. The number of nitrogens with zero attached hydrogens (tertiary/aromatic N) is 4. The normalized spacial score (nSPS) is 16.7. The number of rotatable bonds is 7. The maximum absolute atomic E-state index is 13.0. The highest BCUT2D eigenvalue weighted by molar-refractivity contribution is 8.18. The number of allylic oxidation sites excluding steroid dienone is 2. The first-order chi connectivity index (χ1) is 16.1. The van der Waals surface area contributed by atoms with Crippen LogP contribution in [0, 0.1) is 0 Å². The Morgan fingerprint density at radius 2 is 1.79 bits per heavy atom. The number of benzene rings is 2. The second-order valence-corrected chi connectivity index (χ2v) is 8.50. The number of amidine groups is 1. The summed E-state index contributed by atoms with van der Waals surface area (Å²) in [6.45, 7) is 0.296. The van der Waals surface area contributed by atoms with Crippen molar-refractivity contribution >= 4 is 40.8 Å². The van der Waals surface area contributed by atoms with Crippen molar-refractivity contribution in [3.8, 4) is 0 Å². The molecule has 0 saturated carbocycles. The topological polar surface area (TPSA) is 61.4 Å². The molecule has 0 aliphatic carbocycles. The van der Waals surface area contributed by atoms with Crippen molar-refractivity contribution < 1.29 is 9.21 Å². The van der Waals surface area contributed by atoms with Crippen LogP contribution in [0.5, 0.6) is 0 Å². The number of hydrogen-bond donors (Lipinski definition) is 0. The summed E-state index contributed by atoms with van der Waals surface area (Å²) in [5.41, 5.74) is 3.10. The Morgan fingerprint density at radius 1 is 1.00 bits per heavy atom. The summed E-state index contributed by atoms with van der Waals surface area (Å²) in [5.74, 6) is 0.555. The van der Waals surface area contributed by atoms with Crippen LogP contribution in [0.2, 0.25) is 0 Å². The smallest absolute Gasteiger partial charge is 0.267 e. The first-order valence-corrected chi connectivity index (χ1v) is 11.3. The second kappa shape index (κ2) is 10.7. The van der Waals surface area contributed by atoms with Crippen LogP contribution < -0.4 is 4.90 Å². The van der Waals surface area contributed by atoms with Gasteiger partial charge in [-0.15, -0.1) is 5.10 Å². The average Bonchev–Trinajstić information content (AvgIpc) is 3.44. The maximum Gasteiger partial charge on any atom is 0.267 e. The average molecular weight is 457 g/mol. The molecule has 0 atom stereocenters. The summed E-state index contributed by atoms with van der Waals surface area (Å²) >= 11 is 1.30. The van der Waals surface area contributed by atoms with E-state index in [1.807, 2.05) is 91.8 Å². The van der Waals surface area contributed by atoms with E-state index in [9.17, 15) is 4.79 Å². The van der Waals surface area contributed by atoms with Gasteiger partial charge in [-0.3, -0.25) is 9.69 Å². The molecule has 6 nitrogen and oxygen atoms in total. The number of thioether (sulfide) groups is 1. The molecule has 0 bridgehead atoms. The highest BCUT2D eigenvalue weighted by atomic mass is 32.2. The molecule has 1 amide bonds. The Hall–Kier alpha value is -3.84. The molecule has 0 unspecified atom stereocenters. The van der Waals surface area contributed by atoms with Crippen LogP contribution in [0.3, 0.4) is 0 Å². The monoisotopic (exact) mass is 456 g/mol. The van der Waals surface area contributed by atoms with Gasteiger partial charge in [-0.1, -0.05) is 54.6 Å². The molecule has 0 radical (unpaired) electrons. The van der Waals surface area contributed by atoms with E-state index < -0.39 is 0 Å². The van der Waals surface area contributed by atoms with Gasteiger partial charge in [0, 0.05) is 19.8 Å². The molecule has 4 rings (SSSR count). The molecule has 7 heteroatoms. The van der Waals surface area contributed by atoms with Gasteiger partial charge in [-0.05, 0) is 53.2 Å². The van der Waals surface area contributed by atoms with Gasteiger partial charge >= 0.3 is 0 Å². The first kappa shape index (κ1) is 22.4. The van der Waals surface area contributed by atoms with Crippen LogP contribution in [-0.4, -0.2) is 36.3 Å². The van der Waals surface area contributed by atoms with Gasteiger partial charge in [0.25, 0.3) is 5.91 Å². The Kier molecular flexibility index (Phi) is 7.22. The molecule has 2 heterocycles. The third-order valence-electron chi connectivity index (χ3n) is 4.88. The summed E-state index contributed by atoms with van der Waals surface area (Å²) in [6, 6.07) is 21.6. The van der Waals surface area contributed by atoms with Gasteiger partial charge in [0.1, 0.15) is 5.76 Å². The van der Waals surface area contributed by atoms with Crippen LogP contribution in [0.4, 0.5) is 5.69 Å². The number of furan rings is 1. The zero-order chi connectivity index (χ0) is 23.0. The third-order valence-corrected chi connectivity index (χ3v) is 5.89. The highest BCUT2D eigenvalue weighted by Crippen LogP contribution is 2.32. The van der Waals surface area contributed by atoms with Crippen molar-refractivity contribution in [3.63, 3.8) is 0 Å². The second-order valence-electron chi connectivity index (χ2n) is 7.49. The lowest BCUT2D eigenvalue weighted by Gasteiger charge is -2.12. The van der Waals surface area contributed by atoms with Gasteiger partial charge in [0.05, 0.1) is 23.9 Å². The minimum atomic E-state index is -0.126. The molecule has 1 saturated heterocycles. The van der Waals surface area contributed by atoms with Gasteiger partial charge < -0.3 is 9.32 Å². The van der Waals surface area contributed by atoms with Gasteiger partial charge in [0.2, 0.25) is 0 Å². The van der Waals surface area contributed by atoms with Crippen molar-refractivity contribution in [2.75, 3.05) is 19.0 Å². The van der Waals surface area contributed by atoms with Gasteiger partial charge in [-0.25, -0.2) is 0 Å². The fraction of sp³-hybridized carbons (Fsp3) is 0.115. The van der Waals surface area contributed by atoms with Crippen molar-refractivity contribution in [2.45, 2.75) is 6.54 Å². The van der Waals surface area contributed by atoms with Crippen molar-refractivity contribution in [2.24, 2.45) is 10.2 Å². The van der Waals surface area contributed by atoms with Crippen LogP contribution in [0.15, 0.2) is 105 Å². The SMILES string of the molecule is CN(C)c1ccc(/C=N\N=C2\S/C(=C\C=C\c3ccccc3)C(=O)N2Cc2ccco2)cc1. The quantitative estimate of drug-likeness (QED) is 0.271. The Morgan fingerprint density at radius 3 is 2.48 bits per heavy atom. The van der Waals surface area contributed by atoms with E-state index >= 15 is 0 Å². The van der Waals surface area contributed by atoms with Crippen LogP contribution in [0.1, 0.15) is 16.9 Å². The Bertz CT molecular complexity index is 1190. The molecule has 1 aliphatic rings. The lowest BCUT2D eigenvalue weighted by atomic mass is 10.2. The summed E-state index contributed by atoms with van der Waals surface area (Å²) in [5, 5.41) is 9.09. The van der Waals surface area contributed by atoms with Crippen molar-refractivity contribution in [1.29, 1.82) is 0 Å². The summed E-state index contributed by atoms with van der Waals surface area (Å²) in [7, 11) is 3.99. The lowest BCUT2D eigenvalue weighted by molar-refractivity contribution is -0.122. The molecule has 33 heavy (non-hydrogen) atoms. The molecule has 1 aliphatic heterocycles. The predicted octanol–water partition coefficient (Wildman–Crippen LogP) is 5.41. The summed E-state index contributed by atoms with van der Waals surface area (Å²) < 4.78 is 5.44. The Labute approximate surface area is 197 Å². The number of carbonyl (C=O) groups excluding carboxylic acids is 1. The molecular weight excluding hydrogens is 432 g/mol. The maximum atomic E-state index is 13.0. The molecule has 2 aromatic carbocycles. The van der Waals surface area contributed by atoms with E-state index in [4.69, 9.17) is 4.42 Å². The zero-order valence-corrected chi connectivity index (χ0v) is 19.3. The summed E-state index contributed by atoms with van der Waals surface area (Å²) in [4.78, 5) is 17.2. The number of anilines is 1. The molecule has 1 fully saturated rings. The fourth-order valence-corrected chi connectivity index (χ4v) is 4.00. The number of amides is 1. The van der Waals surface area contributed by atoms with E-state index in [-0.39, 0.29) is 5.91 Å². The van der Waals surface area contributed by atoms with E-state index in [1.54, 1.807) is 29.5 Å². The van der Waals surface area contributed by atoms with Gasteiger partial charge in [-0.2, -0.15) is 5.10 Å². The fourth-order valence-electron chi connectivity index (χ4n) is 3.11. The molecule has 0 spiro atoms. The third kappa shape index (κ3) is 5.90. The summed E-state index contributed by atoms with van der Waals surface area (Å²) in [6.07, 6.45) is 8.91. The van der Waals surface area contributed by atoms with E-state index in [2.05, 4.69) is 10.2 Å². The zero-order valence-electron chi connectivity index (χ0n) is 18.5. The van der Waals surface area contributed by atoms with Crippen molar-refractivity contribution in [1.82, 2.24) is 4.90 Å². The number of hydrogen-bond acceptors (Lipinski definition) is 6.